The molecule has 0 saturated heterocycles. The van der Waals surface area contributed by atoms with Crippen LogP contribution in [0.5, 0.6) is 5.75 Å². The molecule has 0 bridgehead atoms. The van der Waals surface area contributed by atoms with Gasteiger partial charge in [0, 0.05) is 17.9 Å². The Labute approximate surface area is 183 Å². The minimum atomic E-state index is -4.45. The number of aryl methyl sites for hydroxylation is 1. The summed E-state index contributed by atoms with van der Waals surface area (Å²) in [4.78, 5) is 29.6. The highest BCUT2D eigenvalue weighted by molar-refractivity contribution is 7.91. The Kier molecular flexibility index (Phi) is 6.33. The lowest BCUT2D eigenvalue weighted by Crippen LogP contribution is -2.17. The number of hydrogen-bond donors (Lipinski definition) is 4. The van der Waals surface area contributed by atoms with Gasteiger partial charge in [0.05, 0.1) is 16.8 Å². The molecule has 0 aliphatic heterocycles. The maximum atomic E-state index is 12.7. The molecule has 11 nitrogen and oxygen atoms in total. The molecule has 0 aliphatic carbocycles. The molecule has 3 rings (SSSR count). The van der Waals surface area contributed by atoms with Crippen LogP contribution in [0, 0.1) is 6.92 Å². The van der Waals surface area contributed by atoms with E-state index in [4.69, 9.17) is 10.6 Å². The summed E-state index contributed by atoms with van der Waals surface area (Å²) in [7, 11) is -8.73. The second kappa shape index (κ2) is 8.67. The maximum absolute atomic E-state index is 12.7. The Balaban J connectivity index is 1.83. The SMILES string of the molecule is Cc1ccc(-c2cnc(N)c(C(=O)Nc3ccc(S(=O)(=O)OP(C)(=O)O)cc3)n2)cc1O. The number of aromatic hydroxyl groups is 1. The number of nitrogens with two attached hydrogens (primary N) is 1. The highest BCUT2D eigenvalue weighted by atomic mass is 32.2. The van der Waals surface area contributed by atoms with Gasteiger partial charge in [0.2, 0.25) is 0 Å². The monoisotopic (exact) mass is 478 g/mol. The predicted octanol–water partition coefficient (Wildman–Crippen LogP) is 2.51. The third-order valence-electron chi connectivity index (χ3n) is 4.16. The second-order valence-corrected chi connectivity index (χ2v) is 10.4. The van der Waals surface area contributed by atoms with Crippen molar-refractivity contribution in [1.82, 2.24) is 9.97 Å². The lowest BCUT2D eigenvalue weighted by atomic mass is 10.1. The molecule has 1 unspecified atom stereocenters. The standard InChI is InChI=1S/C19H19N4O7PS/c1-11-3-4-12(9-16(11)24)15-10-21-18(20)17(23-15)19(25)22-13-5-7-14(8-6-13)32(28,29)30-31(2,26)27/h3-10,24H,1-2H3,(H2,20,21)(H,22,25)(H,26,27). The molecule has 3 aromatic rings. The quantitative estimate of drug-likeness (QED) is 0.384. The van der Waals surface area contributed by atoms with Gasteiger partial charge in [-0.2, -0.15) is 12.4 Å². The highest BCUT2D eigenvalue weighted by Crippen LogP contribution is 2.40. The van der Waals surface area contributed by atoms with E-state index >= 15 is 0 Å². The fourth-order valence-corrected chi connectivity index (χ4v) is 4.86. The summed E-state index contributed by atoms with van der Waals surface area (Å²) in [6, 6.07) is 9.60. The molecule has 168 valence electrons. The Morgan fingerprint density at radius 1 is 1.19 bits per heavy atom. The smallest absolute Gasteiger partial charge is 0.339 e. The van der Waals surface area contributed by atoms with Crippen molar-refractivity contribution in [3.05, 3.63) is 59.9 Å². The number of amides is 1. The van der Waals surface area contributed by atoms with Crippen molar-refractivity contribution in [3.8, 4) is 17.0 Å². The molecule has 2 aromatic carbocycles. The number of carbonyl (C=O) groups excluding carboxylic acids is 1. The van der Waals surface area contributed by atoms with Crippen molar-refractivity contribution in [1.29, 1.82) is 0 Å². The van der Waals surface area contributed by atoms with Crippen LogP contribution in [0.3, 0.4) is 0 Å². The molecule has 1 amide bonds. The molecule has 13 heteroatoms. The van der Waals surface area contributed by atoms with Crippen molar-refractivity contribution in [3.63, 3.8) is 0 Å². The minimum absolute atomic E-state index is 0.0618. The van der Waals surface area contributed by atoms with E-state index in [1.165, 1.54) is 24.4 Å². The molecule has 0 radical (unpaired) electrons. The molecule has 5 N–H and O–H groups in total. The van der Waals surface area contributed by atoms with Crippen LogP contribution in [-0.4, -0.2) is 41.0 Å². The fraction of sp³-hybridized carbons (Fsp3) is 0.105. The van der Waals surface area contributed by atoms with Gasteiger partial charge in [0.1, 0.15) is 5.75 Å². The molecule has 0 aliphatic rings. The van der Waals surface area contributed by atoms with E-state index in [9.17, 15) is 22.9 Å². The van der Waals surface area contributed by atoms with Gasteiger partial charge >= 0.3 is 17.7 Å². The number of nitrogens with zero attached hydrogens (tertiary/aromatic N) is 2. The van der Waals surface area contributed by atoms with Crippen LogP contribution >= 0.6 is 7.60 Å². The molecule has 32 heavy (non-hydrogen) atoms. The largest absolute Gasteiger partial charge is 0.508 e. The van der Waals surface area contributed by atoms with Crippen LogP contribution < -0.4 is 11.1 Å². The molecule has 0 saturated carbocycles. The van der Waals surface area contributed by atoms with Gasteiger partial charge in [-0.25, -0.2) is 9.97 Å². The molecular weight excluding hydrogens is 459 g/mol. The van der Waals surface area contributed by atoms with Crippen molar-refractivity contribution >= 4 is 35.1 Å². The zero-order valence-corrected chi connectivity index (χ0v) is 18.6. The highest BCUT2D eigenvalue weighted by Gasteiger charge is 2.25. The first-order valence-electron chi connectivity index (χ1n) is 8.96. The van der Waals surface area contributed by atoms with E-state index in [1.54, 1.807) is 19.1 Å². The van der Waals surface area contributed by atoms with Crippen molar-refractivity contribution in [2.75, 3.05) is 17.7 Å². The van der Waals surface area contributed by atoms with Crippen LogP contribution in [-0.2, 0) is 18.7 Å². The van der Waals surface area contributed by atoms with Crippen LogP contribution in [0.1, 0.15) is 16.1 Å². The van der Waals surface area contributed by atoms with Crippen LogP contribution in [0.25, 0.3) is 11.3 Å². The fourth-order valence-electron chi connectivity index (χ4n) is 2.59. The second-order valence-electron chi connectivity index (χ2n) is 6.80. The zero-order chi connectivity index (χ0) is 23.7. The number of rotatable bonds is 6. The summed E-state index contributed by atoms with van der Waals surface area (Å²) < 4.78 is 39.4. The van der Waals surface area contributed by atoms with Gasteiger partial charge in [-0.15, -0.1) is 0 Å². The van der Waals surface area contributed by atoms with Crippen molar-refractivity contribution in [2.45, 2.75) is 11.8 Å². The number of nitrogens with one attached hydrogen (secondary N) is 1. The summed E-state index contributed by atoms with van der Waals surface area (Å²) >= 11 is 0. The number of carbonyl (C=O) groups is 1. The van der Waals surface area contributed by atoms with Gasteiger partial charge < -0.3 is 21.1 Å². The molecular formula is C19H19N4O7PS. The first kappa shape index (κ1) is 23.4. The van der Waals surface area contributed by atoms with Crippen molar-refractivity contribution < 1.29 is 31.7 Å². The normalized spacial score (nSPS) is 13.3. The van der Waals surface area contributed by atoms with E-state index in [1.807, 2.05) is 0 Å². The number of anilines is 2. The van der Waals surface area contributed by atoms with E-state index in [0.717, 1.165) is 18.8 Å². The van der Waals surface area contributed by atoms with Crippen molar-refractivity contribution in [2.24, 2.45) is 0 Å². The van der Waals surface area contributed by atoms with Gasteiger partial charge in [0.25, 0.3) is 5.91 Å². The van der Waals surface area contributed by atoms with Gasteiger partial charge in [-0.1, -0.05) is 12.1 Å². The number of nitrogen functional groups attached to an aromatic ring is 1. The first-order valence-corrected chi connectivity index (χ1v) is 12.4. The molecule has 1 atom stereocenters. The minimum Gasteiger partial charge on any atom is -0.508 e. The number of benzene rings is 2. The zero-order valence-electron chi connectivity index (χ0n) is 16.9. The average molecular weight is 478 g/mol. The van der Waals surface area contributed by atoms with E-state index < -0.39 is 23.6 Å². The Morgan fingerprint density at radius 3 is 2.44 bits per heavy atom. The molecule has 1 heterocycles. The topological polar surface area (TPSA) is 182 Å². The average Bonchev–Trinajstić information content (AvgIpc) is 2.69. The Hall–Kier alpha value is -3.31. The summed E-state index contributed by atoms with van der Waals surface area (Å²) in [6.45, 7) is 2.48. The lowest BCUT2D eigenvalue weighted by Gasteiger charge is -2.10. The molecule has 1 aromatic heterocycles. The van der Waals surface area contributed by atoms with Crippen LogP contribution in [0.2, 0.25) is 0 Å². The van der Waals surface area contributed by atoms with E-state index in [-0.39, 0.29) is 27.8 Å². The van der Waals surface area contributed by atoms with Crippen LogP contribution in [0.4, 0.5) is 11.5 Å². The third-order valence-corrected chi connectivity index (χ3v) is 6.90. The number of aromatic nitrogens is 2. The van der Waals surface area contributed by atoms with E-state index in [0.29, 0.717) is 16.8 Å². The molecule has 0 spiro atoms. The number of hydrogen-bond acceptors (Lipinski definition) is 9. The van der Waals surface area contributed by atoms with Crippen LogP contribution in [0.15, 0.2) is 53.6 Å². The lowest BCUT2D eigenvalue weighted by molar-refractivity contribution is 0.102. The summed E-state index contributed by atoms with van der Waals surface area (Å²) in [5, 5.41) is 12.4. The number of phenolic OH excluding ortho intramolecular Hbond substituents is 1. The van der Waals surface area contributed by atoms with Gasteiger partial charge in [-0.05, 0) is 42.8 Å². The van der Waals surface area contributed by atoms with Gasteiger partial charge in [0.15, 0.2) is 11.5 Å². The third kappa shape index (κ3) is 5.48. The first-order chi connectivity index (χ1) is 14.9. The summed E-state index contributed by atoms with van der Waals surface area (Å²) in [6.07, 6.45) is 1.36. The maximum Gasteiger partial charge on any atom is 0.339 e. The Morgan fingerprint density at radius 2 is 1.84 bits per heavy atom. The van der Waals surface area contributed by atoms with E-state index in [2.05, 4.69) is 19.3 Å². The van der Waals surface area contributed by atoms with Gasteiger partial charge in [-0.3, -0.25) is 9.36 Å². The predicted molar refractivity (Wildman–Crippen MR) is 117 cm³/mol. The Bertz CT molecular complexity index is 1340. The molecule has 0 fully saturated rings. The summed E-state index contributed by atoms with van der Waals surface area (Å²) in [5.74, 6) is -0.767. The number of phenols is 1. The summed E-state index contributed by atoms with van der Waals surface area (Å²) in [5.41, 5.74) is 7.33.